The quantitative estimate of drug-likeness (QED) is 0.358. The number of carbonyl (C=O) groups excluding carboxylic acids is 2. The average Bonchev–Trinajstić information content (AvgIpc) is 3.12. The molecule has 1 aliphatic rings. The summed E-state index contributed by atoms with van der Waals surface area (Å²) in [5.41, 5.74) is 4.86. The lowest BCUT2D eigenvalue weighted by Gasteiger charge is -2.24. The van der Waals surface area contributed by atoms with E-state index >= 15 is 0 Å². The molecule has 1 heterocycles. The van der Waals surface area contributed by atoms with Crippen molar-refractivity contribution in [2.24, 2.45) is 5.18 Å². The lowest BCUT2D eigenvalue weighted by atomic mass is 9.99. The Hall–Kier alpha value is -3.47. The maximum atomic E-state index is 12.5. The molecule has 1 N–H and O–H groups in total. The summed E-state index contributed by atoms with van der Waals surface area (Å²) in [6.07, 6.45) is 0. The molecule has 0 radical (unpaired) electrons. The minimum absolute atomic E-state index is 0.0391. The largest absolute Gasteiger partial charge is 0.483 e. The summed E-state index contributed by atoms with van der Waals surface area (Å²) in [6, 6.07) is 9.14. The molecule has 0 aliphatic carbocycles. The van der Waals surface area contributed by atoms with Gasteiger partial charge in [-0.2, -0.15) is 0 Å². The highest BCUT2D eigenvalue weighted by atomic mass is 32.2. The van der Waals surface area contributed by atoms with Crippen LogP contribution in [0.4, 0.5) is 11.4 Å². The molecule has 1 unspecified atom stereocenters. The average molecular weight is 458 g/mol. The zero-order valence-corrected chi connectivity index (χ0v) is 18.5. The number of nitrogens with one attached hydrogen (secondary N) is 1. The van der Waals surface area contributed by atoms with Gasteiger partial charge in [0.1, 0.15) is 16.8 Å². The lowest BCUT2D eigenvalue weighted by Crippen LogP contribution is -2.46. The number of carbonyl (C=O) groups is 2. The van der Waals surface area contributed by atoms with Crippen molar-refractivity contribution in [2.45, 2.75) is 32.1 Å². The molecule has 2 aromatic rings. The number of nitro benzene ring substituents is 1. The Morgan fingerprint density at radius 1 is 1.34 bits per heavy atom. The zero-order chi connectivity index (χ0) is 23.4. The number of nitroso groups, excluding NO2 is 1. The van der Waals surface area contributed by atoms with Crippen LogP contribution in [0.1, 0.15) is 41.8 Å². The number of ether oxygens (including phenoxy) is 1. The van der Waals surface area contributed by atoms with E-state index in [4.69, 9.17) is 4.74 Å². The van der Waals surface area contributed by atoms with Gasteiger partial charge >= 0.3 is 0 Å². The molecule has 0 spiro atoms. The number of non-ortho nitro benzene ring substituents is 1. The number of nitrogens with zero attached hydrogens (tertiary/aromatic N) is 3. The third kappa shape index (κ3) is 5.05. The molecule has 11 heteroatoms. The molecule has 1 aliphatic heterocycles. The van der Waals surface area contributed by atoms with Gasteiger partial charge in [0.05, 0.1) is 10.7 Å². The first kappa shape index (κ1) is 23.2. The highest BCUT2D eigenvalue weighted by Gasteiger charge is 2.34. The van der Waals surface area contributed by atoms with Gasteiger partial charge in [-0.1, -0.05) is 13.8 Å². The fourth-order valence-electron chi connectivity index (χ4n) is 3.22. The Morgan fingerprint density at radius 2 is 2.03 bits per heavy atom. The van der Waals surface area contributed by atoms with Crippen LogP contribution in [0.15, 0.2) is 41.6 Å². The van der Waals surface area contributed by atoms with Gasteiger partial charge in [-0.15, -0.1) is 16.7 Å². The summed E-state index contributed by atoms with van der Waals surface area (Å²) >= 11 is 1.31. The van der Waals surface area contributed by atoms with Crippen LogP contribution in [0.5, 0.6) is 5.75 Å². The lowest BCUT2D eigenvalue weighted by molar-refractivity contribution is -0.384. The van der Waals surface area contributed by atoms with Gasteiger partial charge in [0.2, 0.25) is 0 Å². The van der Waals surface area contributed by atoms with Crippen molar-refractivity contribution < 1.29 is 19.2 Å². The zero-order valence-electron chi connectivity index (χ0n) is 17.7. The molecule has 0 aromatic heterocycles. The Morgan fingerprint density at radius 3 is 2.62 bits per heavy atom. The number of thioether (sulfide) groups is 1. The molecule has 10 nitrogen and oxygen atoms in total. The summed E-state index contributed by atoms with van der Waals surface area (Å²) < 4.78 is 5.69. The molecule has 1 fully saturated rings. The summed E-state index contributed by atoms with van der Waals surface area (Å²) in [7, 11) is 0. The van der Waals surface area contributed by atoms with Crippen molar-refractivity contribution in [3.8, 4) is 5.75 Å². The molecule has 3 rings (SSSR count). The van der Waals surface area contributed by atoms with Gasteiger partial charge in [-0.05, 0) is 59.0 Å². The van der Waals surface area contributed by atoms with Gasteiger partial charge in [0.25, 0.3) is 17.5 Å². The third-order valence-corrected chi connectivity index (χ3v) is 6.12. The van der Waals surface area contributed by atoms with Crippen LogP contribution in [0.3, 0.4) is 0 Å². The normalized spacial score (nSPS) is 15.7. The van der Waals surface area contributed by atoms with Crippen molar-refractivity contribution in [2.75, 3.05) is 12.4 Å². The number of nitro groups is 1. The highest BCUT2D eigenvalue weighted by molar-refractivity contribution is 8.00. The van der Waals surface area contributed by atoms with Crippen molar-refractivity contribution >= 4 is 35.0 Å². The SMILES string of the molecule is Cc1cc(OCC(=O)NN2C(=O)CSC2c2ccc([N+](=O)[O-])cc2)c(C(C)C)cc1N=O. The highest BCUT2D eigenvalue weighted by Crippen LogP contribution is 2.38. The summed E-state index contributed by atoms with van der Waals surface area (Å²) in [4.78, 5) is 46.2. The van der Waals surface area contributed by atoms with Gasteiger partial charge in [-0.3, -0.25) is 25.1 Å². The number of hydrazine groups is 1. The molecule has 1 saturated heterocycles. The minimum atomic E-state index is -0.530. The second-order valence-corrected chi connectivity index (χ2v) is 8.59. The molecular formula is C21H22N4O6S. The molecule has 32 heavy (non-hydrogen) atoms. The first-order valence-electron chi connectivity index (χ1n) is 9.79. The molecule has 0 bridgehead atoms. The van der Waals surface area contributed by atoms with E-state index in [2.05, 4.69) is 10.6 Å². The molecule has 0 saturated carbocycles. The first-order chi connectivity index (χ1) is 15.2. The first-order valence-corrected chi connectivity index (χ1v) is 10.8. The molecule has 2 aromatic carbocycles. The second kappa shape index (κ2) is 9.77. The van der Waals surface area contributed by atoms with E-state index in [1.165, 1.54) is 28.9 Å². The fourth-order valence-corrected chi connectivity index (χ4v) is 4.33. The van der Waals surface area contributed by atoms with E-state index in [9.17, 15) is 24.6 Å². The van der Waals surface area contributed by atoms with Crippen molar-refractivity contribution in [1.82, 2.24) is 10.4 Å². The van der Waals surface area contributed by atoms with Gasteiger partial charge in [-0.25, -0.2) is 5.01 Å². The molecular weight excluding hydrogens is 436 g/mol. The minimum Gasteiger partial charge on any atom is -0.483 e. The number of aryl methyl sites for hydroxylation is 1. The monoisotopic (exact) mass is 458 g/mol. The Bertz CT molecular complexity index is 1060. The predicted molar refractivity (Wildman–Crippen MR) is 120 cm³/mol. The molecule has 168 valence electrons. The topological polar surface area (TPSA) is 131 Å². The maximum Gasteiger partial charge on any atom is 0.276 e. The number of hydrogen-bond donors (Lipinski definition) is 1. The number of rotatable bonds is 8. The second-order valence-electron chi connectivity index (χ2n) is 7.52. The van der Waals surface area contributed by atoms with E-state index in [0.717, 1.165) is 5.56 Å². The van der Waals surface area contributed by atoms with Crippen molar-refractivity contribution in [3.63, 3.8) is 0 Å². The van der Waals surface area contributed by atoms with Crippen LogP contribution in [0, 0.1) is 21.9 Å². The fraction of sp³-hybridized carbons (Fsp3) is 0.333. The van der Waals surface area contributed by atoms with E-state index in [1.54, 1.807) is 31.2 Å². The summed E-state index contributed by atoms with van der Waals surface area (Å²) in [5, 5.41) is 14.6. The van der Waals surface area contributed by atoms with E-state index in [1.807, 2.05) is 13.8 Å². The van der Waals surface area contributed by atoms with Crippen LogP contribution in [-0.2, 0) is 9.59 Å². The molecule has 1 atom stereocenters. The Kier molecular flexibility index (Phi) is 7.08. The van der Waals surface area contributed by atoms with Crippen molar-refractivity contribution in [3.05, 3.63) is 68.1 Å². The van der Waals surface area contributed by atoms with E-state index < -0.39 is 16.2 Å². The predicted octanol–water partition coefficient (Wildman–Crippen LogP) is 4.11. The Labute approximate surface area is 188 Å². The number of benzene rings is 2. The Balaban J connectivity index is 1.70. The van der Waals surface area contributed by atoms with Crippen LogP contribution >= 0.6 is 11.8 Å². The van der Waals surface area contributed by atoms with Crippen LogP contribution in [0.25, 0.3) is 0 Å². The van der Waals surface area contributed by atoms with E-state index in [0.29, 0.717) is 22.6 Å². The summed E-state index contributed by atoms with van der Waals surface area (Å²) in [5.74, 6) is -0.143. The summed E-state index contributed by atoms with van der Waals surface area (Å²) in [6.45, 7) is 5.25. The van der Waals surface area contributed by atoms with Crippen LogP contribution in [-0.4, -0.2) is 34.1 Å². The smallest absolute Gasteiger partial charge is 0.276 e. The van der Waals surface area contributed by atoms with Crippen molar-refractivity contribution in [1.29, 1.82) is 0 Å². The van der Waals surface area contributed by atoms with Gasteiger partial charge < -0.3 is 4.74 Å². The molecule has 2 amide bonds. The number of hydrogen-bond acceptors (Lipinski definition) is 8. The number of amides is 2. The van der Waals surface area contributed by atoms with Crippen LogP contribution in [0.2, 0.25) is 0 Å². The van der Waals surface area contributed by atoms with Gasteiger partial charge in [0, 0.05) is 12.1 Å². The standard InChI is InChI=1S/C21H22N4O6S/c1-12(2)16-9-17(23-28)13(3)8-18(16)31-10-19(26)22-24-20(27)11-32-21(24)14-4-6-15(7-5-14)25(29)30/h4-9,12,21H,10-11H2,1-3H3,(H,22,26). The van der Waals surface area contributed by atoms with Crippen LogP contribution < -0.4 is 10.2 Å². The maximum absolute atomic E-state index is 12.5. The van der Waals surface area contributed by atoms with Gasteiger partial charge in [0.15, 0.2) is 6.61 Å². The third-order valence-electron chi connectivity index (χ3n) is 4.91. The van der Waals surface area contributed by atoms with E-state index in [-0.39, 0.29) is 29.9 Å².